The molecule has 43 heavy (non-hydrogen) atoms. The van der Waals surface area contributed by atoms with E-state index in [1.807, 2.05) is 0 Å². The molecule has 0 bridgehead atoms. The number of fused-ring (bicyclic) bond motifs is 6. The van der Waals surface area contributed by atoms with E-state index in [-0.39, 0.29) is 0 Å². The molecule has 0 N–H and O–H groups in total. The molecule has 1 aromatic heterocycles. The van der Waals surface area contributed by atoms with Crippen LogP contribution in [0.4, 0.5) is 0 Å². The molecule has 0 aliphatic heterocycles. The molecule has 0 fully saturated rings. The summed E-state index contributed by atoms with van der Waals surface area (Å²) in [7, 11) is 0. The third kappa shape index (κ3) is 3.65. The first kappa shape index (κ1) is 9.69. The van der Waals surface area contributed by atoms with Gasteiger partial charge < -0.3 is 4.42 Å². The van der Waals surface area contributed by atoms with Crippen LogP contribution in [0, 0.1) is 0 Å². The lowest BCUT2D eigenvalue weighted by molar-refractivity contribution is 0.669. The van der Waals surface area contributed by atoms with Crippen LogP contribution < -0.4 is 0 Å². The fraction of sp³-hybridized carbons (Fsp3) is 0. The van der Waals surface area contributed by atoms with Crippen LogP contribution in [0.2, 0.25) is 0 Å². The van der Waals surface area contributed by atoms with Crippen LogP contribution in [0.15, 0.2) is 162 Å². The fourth-order valence-corrected chi connectivity index (χ4v) is 5.27. The lowest BCUT2D eigenvalue weighted by atomic mass is 9.84. The van der Waals surface area contributed by atoms with Gasteiger partial charge in [-0.25, -0.2) is 0 Å². The molecule has 0 radical (unpaired) electrons. The predicted octanol–water partition coefficient (Wildman–Crippen LogP) is 12.0. The monoisotopic (exact) mass is 572 g/mol. The maximum Gasteiger partial charge on any atom is 0.136 e. The maximum absolute atomic E-state index is 9.94. The van der Waals surface area contributed by atoms with Crippen LogP contribution in [0.3, 0.4) is 0 Å². The van der Waals surface area contributed by atoms with Gasteiger partial charge in [0.05, 0.1) is 35.6 Å². The molecule has 0 amide bonds. The summed E-state index contributed by atoms with van der Waals surface area (Å²) in [6, 6.07) is -24.0. The number of para-hydroxylation sites is 1. The van der Waals surface area contributed by atoms with E-state index in [1.54, 1.807) is 0 Å². The number of furan rings is 1. The molecule has 0 aliphatic carbocycles. The smallest absolute Gasteiger partial charge is 0.136 e. The van der Waals surface area contributed by atoms with Gasteiger partial charge >= 0.3 is 0 Å². The van der Waals surface area contributed by atoms with Crippen LogP contribution in [0.1, 0.15) is 35.6 Å². The SMILES string of the molecule is [2H]c1c([2H])c([2H])c(-c2c3c([2H])c([2H])c([2H])c([2H])c3c(-c3c([2H])c([2H])c([2H])c4c([2H])c([2H])c(-c5c([2H])c([2H])c([2H])c6oc7c([2H])c([2H])c([2H])c([2H])c7c56)c([2H])c34)c3c([2H])c([2H])c([2H])c([2H])c23)c([2H])c1[2H]. The molecule has 1 heterocycles. The molecular formula is C42H26O. The highest BCUT2D eigenvalue weighted by Gasteiger charge is 2.18. The van der Waals surface area contributed by atoms with Gasteiger partial charge in [-0.3, -0.25) is 0 Å². The second-order valence-corrected chi connectivity index (χ2v) is 9.26. The summed E-state index contributed by atoms with van der Waals surface area (Å²) in [6.07, 6.45) is 0. The Hall–Kier alpha value is -5.66. The number of hydrogen-bond acceptors (Lipinski definition) is 1. The van der Waals surface area contributed by atoms with Crippen molar-refractivity contribution in [3.63, 3.8) is 0 Å². The Morgan fingerprint density at radius 3 is 1.70 bits per heavy atom. The minimum atomic E-state index is -1.04. The van der Waals surface area contributed by atoms with Crippen molar-refractivity contribution in [2.45, 2.75) is 0 Å². The third-order valence-corrected chi connectivity index (χ3v) is 7.01. The van der Waals surface area contributed by atoms with Crippen LogP contribution in [0.5, 0.6) is 0 Å². The van der Waals surface area contributed by atoms with Gasteiger partial charge in [-0.15, -0.1) is 0 Å². The summed E-state index contributed by atoms with van der Waals surface area (Å²) >= 11 is 0. The number of rotatable bonds is 3. The molecule has 0 saturated heterocycles. The van der Waals surface area contributed by atoms with E-state index in [4.69, 9.17) is 27.7 Å². The van der Waals surface area contributed by atoms with Gasteiger partial charge in [0.25, 0.3) is 0 Å². The normalized spacial score (nSPS) is 20.2. The van der Waals surface area contributed by atoms with Crippen LogP contribution in [-0.2, 0) is 0 Å². The van der Waals surface area contributed by atoms with Crippen molar-refractivity contribution in [3.8, 4) is 33.4 Å². The van der Waals surface area contributed by atoms with Gasteiger partial charge in [0.1, 0.15) is 11.2 Å². The molecule has 0 saturated carbocycles. The van der Waals surface area contributed by atoms with Crippen molar-refractivity contribution >= 4 is 54.3 Å². The van der Waals surface area contributed by atoms with Crippen molar-refractivity contribution in [1.29, 1.82) is 0 Å². The first-order valence-electron chi connectivity index (χ1n) is 25.7. The summed E-state index contributed by atoms with van der Waals surface area (Å²) < 4.78 is 238. The topological polar surface area (TPSA) is 13.1 Å². The summed E-state index contributed by atoms with van der Waals surface area (Å²) in [5, 5.41) is -5.29. The third-order valence-electron chi connectivity index (χ3n) is 7.01. The Balaban J connectivity index is 1.65. The molecule has 9 rings (SSSR count). The van der Waals surface area contributed by atoms with Crippen LogP contribution in [-0.4, -0.2) is 0 Å². The summed E-state index contributed by atoms with van der Waals surface area (Å²) in [5.74, 6) is 0. The van der Waals surface area contributed by atoms with E-state index >= 15 is 0 Å². The van der Waals surface area contributed by atoms with Gasteiger partial charge in [0, 0.05) is 10.8 Å². The highest BCUT2D eigenvalue weighted by atomic mass is 16.3. The predicted molar refractivity (Wildman–Crippen MR) is 183 cm³/mol. The zero-order valence-corrected chi connectivity index (χ0v) is 21.4. The molecule has 9 aromatic rings. The number of hydrogen-bond donors (Lipinski definition) is 0. The molecule has 0 unspecified atom stereocenters. The molecule has 200 valence electrons. The molecule has 1 heteroatoms. The first-order valence-corrected chi connectivity index (χ1v) is 12.7. The maximum atomic E-state index is 9.94. The van der Waals surface area contributed by atoms with Crippen molar-refractivity contribution in [3.05, 3.63) is 157 Å². The second-order valence-electron chi connectivity index (χ2n) is 9.26. The van der Waals surface area contributed by atoms with Gasteiger partial charge in [-0.2, -0.15) is 0 Å². The van der Waals surface area contributed by atoms with Crippen molar-refractivity contribution in [2.24, 2.45) is 0 Å². The summed E-state index contributed by atoms with van der Waals surface area (Å²) in [5.41, 5.74) is -5.54. The Bertz CT molecular complexity index is 3860. The van der Waals surface area contributed by atoms with Crippen LogP contribution in [0.25, 0.3) is 87.6 Å². The molecule has 8 aromatic carbocycles. The lowest BCUT2D eigenvalue weighted by Crippen LogP contribution is -1.91. The molecule has 0 aliphatic rings. The molecule has 0 atom stereocenters. The van der Waals surface area contributed by atoms with Crippen molar-refractivity contribution < 1.29 is 40.1 Å². The fourth-order valence-electron chi connectivity index (χ4n) is 5.27. The van der Waals surface area contributed by atoms with Gasteiger partial charge in [-0.05, 0) is 83.8 Å². The van der Waals surface area contributed by atoms with Crippen molar-refractivity contribution in [1.82, 2.24) is 0 Å². The van der Waals surface area contributed by atoms with Gasteiger partial charge in [0.15, 0.2) is 0 Å². The number of benzene rings is 8. The Morgan fingerprint density at radius 1 is 0.372 bits per heavy atom. The van der Waals surface area contributed by atoms with E-state index < -0.39 is 245 Å². The Morgan fingerprint density at radius 2 is 0.953 bits per heavy atom. The van der Waals surface area contributed by atoms with E-state index in [1.165, 1.54) is 0 Å². The minimum absolute atomic E-state index is 0.449. The molecular weight excluding hydrogens is 520 g/mol. The summed E-state index contributed by atoms with van der Waals surface area (Å²) in [4.78, 5) is 0. The average Bonchev–Trinajstić information content (AvgIpc) is 3.72. The van der Waals surface area contributed by atoms with E-state index in [0.717, 1.165) is 0 Å². The molecule has 1 nitrogen and oxygen atoms in total. The van der Waals surface area contributed by atoms with Crippen molar-refractivity contribution in [2.75, 3.05) is 0 Å². The largest absolute Gasteiger partial charge is 0.456 e. The second kappa shape index (κ2) is 9.44. The zero-order valence-electron chi connectivity index (χ0n) is 47.4. The molecule has 0 spiro atoms. The van der Waals surface area contributed by atoms with E-state index in [0.29, 0.717) is 0 Å². The average molecular weight is 573 g/mol. The van der Waals surface area contributed by atoms with Gasteiger partial charge in [0.2, 0.25) is 0 Å². The van der Waals surface area contributed by atoms with E-state index in [2.05, 4.69) is 0 Å². The van der Waals surface area contributed by atoms with E-state index in [9.17, 15) is 12.3 Å². The lowest BCUT2D eigenvalue weighted by Gasteiger charge is -2.19. The van der Waals surface area contributed by atoms with Gasteiger partial charge in [-0.1, -0.05) is 139 Å². The summed E-state index contributed by atoms with van der Waals surface area (Å²) in [6.45, 7) is 0. The first-order chi connectivity index (χ1) is 32.2. The standard InChI is InChI=1S/C42H26O/c1-2-12-28(13-3-1)40-31-15-4-6-17-33(31)41(34-18-7-5-16-32(34)40)35-21-10-14-27-24-25-29(26-37(27)35)30-20-11-23-39-42(30)36-19-8-9-22-38(36)43-39/h1-26H/i1D,2D,3D,4D,5D,6D,7D,8D,9D,10D,11D,12D,13D,14D,15D,16D,17D,18D,19D,20D,21D,22D,23D,24D,25D,26D. The quantitative estimate of drug-likeness (QED) is 0.192. The minimum Gasteiger partial charge on any atom is -0.456 e. The Labute approximate surface area is 285 Å². The zero-order chi connectivity index (χ0) is 51.0. The Kier molecular flexibility index (Phi) is 2.13. The highest BCUT2D eigenvalue weighted by molar-refractivity contribution is 6.24. The van der Waals surface area contributed by atoms with Crippen LogP contribution >= 0.6 is 0 Å². The highest BCUT2D eigenvalue weighted by Crippen LogP contribution is 2.46.